The first kappa shape index (κ1) is 16.9. The van der Waals surface area contributed by atoms with E-state index in [9.17, 15) is 0 Å². The predicted molar refractivity (Wildman–Crippen MR) is 98.1 cm³/mol. The van der Waals surface area contributed by atoms with E-state index >= 15 is 0 Å². The Morgan fingerprint density at radius 2 is 1.58 bits per heavy atom. The van der Waals surface area contributed by atoms with Gasteiger partial charge in [0, 0.05) is 18.0 Å². The maximum absolute atomic E-state index is 5.19. The third kappa shape index (κ3) is 4.34. The lowest BCUT2D eigenvalue weighted by atomic mass is 9.79. The van der Waals surface area contributed by atoms with Crippen molar-refractivity contribution in [3.8, 4) is 17.1 Å². The number of benzene rings is 1. The van der Waals surface area contributed by atoms with Crippen molar-refractivity contribution < 1.29 is 4.74 Å². The van der Waals surface area contributed by atoms with Crippen molar-refractivity contribution in [2.45, 2.75) is 51.9 Å². The molecule has 0 radical (unpaired) electrons. The maximum Gasteiger partial charge on any atom is 0.159 e. The van der Waals surface area contributed by atoms with Gasteiger partial charge in [-0.1, -0.05) is 39.0 Å². The molecular formula is C21H28N2O. The fourth-order valence-corrected chi connectivity index (χ4v) is 3.67. The number of hydrogen-bond acceptors (Lipinski definition) is 3. The zero-order valence-corrected chi connectivity index (χ0v) is 14.9. The van der Waals surface area contributed by atoms with Crippen molar-refractivity contribution in [2.24, 2.45) is 11.8 Å². The van der Waals surface area contributed by atoms with E-state index in [2.05, 4.69) is 16.9 Å². The van der Waals surface area contributed by atoms with Crippen LogP contribution in [0.5, 0.6) is 5.75 Å². The summed E-state index contributed by atoms with van der Waals surface area (Å²) in [4.78, 5) is 9.08. The van der Waals surface area contributed by atoms with Gasteiger partial charge in [-0.25, -0.2) is 9.97 Å². The molecule has 2 aromatic rings. The van der Waals surface area contributed by atoms with Crippen molar-refractivity contribution in [2.75, 3.05) is 7.11 Å². The molecule has 3 heteroatoms. The van der Waals surface area contributed by atoms with E-state index in [1.165, 1.54) is 44.1 Å². The topological polar surface area (TPSA) is 35.0 Å². The zero-order valence-electron chi connectivity index (χ0n) is 14.9. The molecule has 1 fully saturated rings. The predicted octanol–water partition coefficient (Wildman–Crippen LogP) is 5.30. The molecule has 0 spiro atoms. The van der Waals surface area contributed by atoms with E-state index in [4.69, 9.17) is 4.74 Å². The van der Waals surface area contributed by atoms with Crippen LogP contribution in [0.15, 0.2) is 36.7 Å². The van der Waals surface area contributed by atoms with Crippen LogP contribution >= 0.6 is 0 Å². The van der Waals surface area contributed by atoms with Crippen LogP contribution in [0.4, 0.5) is 0 Å². The van der Waals surface area contributed by atoms with Gasteiger partial charge in [-0.15, -0.1) is 0 Å². The standard InChI is InChI=1S/C21H28N2O/c1-3-16-4-6-17(7-5-16)8-9-18-14-22-21(23-15-18)19-10-12-20(24-2)13-11-19/h10-17H,3-9H2,1-2H3/t16-,17-. The average Bonchev–Trinajstić information content (AvgIpc) is 2.67. The highest BCUT2D eigenvalue weighted by molar-refractivity contribution is 5.55. The molecule has 0 unspecified atom stereocenters. The van der Waals surface area contributed by atoms with Crippen LogP contribution in [0.3, 0.4) is 0 Å². The normalized spacial score (nSPS) is 20.8. The van der Waals surface area contributed by atoms with Crippen molar-refractivity contribution in [1.29, 1.82) is 0 Å². The molecule has 0 atom stereocenters. The number of methoxy groups -OCH3 is 1. The summed E-state index contributed by atoms with van der Waals surface area (Å²) in [6.45, 7) is 2.33. The maximum atomic E-state index is 5.19. The summed E-state index contributed by atoms with van der Waals surface area (Å²) < 4.78 is 5.19. The molecule has 0 saturated heterocycles. The summed E-state index contributed by atoms with van der Waals surface area (Å²) in [5, 5.41) is 0. The Balaban J connectivity index is 1.53. The van der Waals surface area contributed by atoms with E-state index < -0.39 is 0 Å². The first-order valence-electron chi connectivity index (χ1n) is 9.23. The molecule has 1 aromatic carbocycles. The van der Waals surface area contributed by atoms with E-state index in [0.717, 1.165) is 35.4 Å². The minimum atomic E-state index is 0.782. The summed E-state index contributed by atoms with van der Waals surface area (Å²) in [6.07, 6.45) is 13.4. The number of hydrogen-bond donors (Lipinski definition) is 0. The lowest BCUT2D eigenvalue weighted by molar-refractivity contribution is 0.258. The second kappa shape index (κ2) is 8.27. The van der Waals surface area contributed by atoms with E-state index in [0.29, 0.717) is 0 Å². The zero-order chi connectivity index (χ0) is 16.8. The van der Waals surface area contributed by atoms with Gasteiger partial charge in [0.2, 0.25) is 0 Å². The number of rotatable bonds is 6. The molecule has 1 saturated carbocycles. The van der Waals surface area contributed by atoms with Crippen LogP contribution in [-0.4, -0.2) is 17.1 Å². The Kier molecular flexibility index (Phi) is 5.84. The highest BCUT2D eigenvalue weighted by Crippen LogP contribution is 2.33. The van der Waals surface area contributed by atoms with Crippen LogP contribution in [0, 0.1) is 11.8 Å². The Hall–Kier alpha value is -1.90. The summed E-state index contributed by atoms with van der Waals surface area (Å²) in [6, 6.07) is 7.89. The SMILES string of the molecule is CC[C@H]1CC[C@H](CCc2cnc(-c3ccc(OC)cc3)nc2)CC1. The quantitative estimate of drug-likeness (QED) is 0.723. The number of ether oxygens (including phenoxy) is 1. The van der Waals surface area contributed by atoms with Gasteiger partial charge in [0.05, 0.1) is 7.11 Å². The summed E-state index contributed by atoms with van der Waals surface area (Å²) in [7, 11) is 1.68. The van der Waals surface area contributed by atoms with Gasteiger partial charge in [-0.2, -0.15) is 0 Å². The van der Waals surface area contributed by atoms with Crippen molar-refractivity contribution >= 4 is 0 Å². The molecule has 0 N–H and O–H groups in total. The Bertz CT molecular complexity index is 613. The Labute approximate surface area is 145 Å². The first-order valence-corrected chi connectivity index (χ1v) is 9.23. The third-order valence-electron chi connectivity index (χ3n) is 5.44. The smallest absolute Gasteiger partial charge is 0.159 e. The largest absolute Gasteiger partial charge is 0.497 e. The minimum Gasteiger partial charge on any atom is -0.497 e. The second-order valence-electron chi connectivity index (χ2n) is 6.98. The van der Waals surface area contributed by atoms with Crippen LogP contribution in [0.2, 0.25) is 0 Å². The third-order valence-corrected chi connectivity index (χ3v) is 5.44. The fourth-order valence-electron chi connectivity index (χ4n) is 3.67. The molecule has 0 amide bonds. The summed E-state index contributed by atoms with van der Waals surface area (Å²) in [5.74, 6) is 3.51. The van der Waals surface area contributed by atoms with E-state index in [1.54, 1.807) is 7.11 Å². The summed E-state index contributed by atoms with van der Waals surface area (Å²) >= 11 is 0. The van der Waals surface area contributed by atoms with Crippen molar-refractivity contribution in [3.05, 3.63) is 42.2 Å². The molecular weight excluding hydrogens is 296 g/mol. The first-order chi connectivity index (χ1) is 11.8. The van der Waals surface area contributed by atoms with Gasteiger partial charge in [0.1, 0.15) is 5.75 Å². The van der Waals surface area contributed by atoms with Crippen LogP contribution in [0.25, 0.3) is 11.4 Å². The Morgan fingerprint density at radius 1 is 0.958 bits per heavy atom. The van der Waals surface area contributed by atoms with Crippen molar-refractivity contribution in [1.82, 2.24) is 9.97 Å². The minimum absolute atomic E-state index is 0.782. The van der Waals surface area contributed by atoms with Gasteiger partial charge in [0.25, 0.3) is 0 Å². The molecule has 24 heavy (non-hydrogen) atoms. The molecule has 1 aromatic heterocycles. The molecule has 1 heterocycles. The molecule has 1 aliphatic carbocycles. The van der Waals surface area contributed by atoms with Crippen molar-refractivity contribution in [3.63, 3.8) is 0 Å². The fraction of sp³-hybridized carbons (Fsp3) is 0.524. The van der Waals surface area contributed by atoms with Crippen LogP contribution < -0.4 is 4.74 Å². The van der Waals surface area contributed by atoms with Gasteiger partial charge in [0.15, 0.2) is 5.82 Å². The Morgan fingerprint density at radius 3 is 2.17 bits per heavy atom. The molecule has 0 aliphatic heterocycles. The van der Waals surface area contributed by atoms with E-state index in [-0.39, 0.29) is 0 Å². The van der Waals surface area contributed by atoms with Crippen LogP contribution in [0.1, 0.15) is 51.0 Å². The average molecular weight is 324 g/mol. The molecule has 3 nitrogen and oxygen atoms in total. The monoisotopic (exact) mass is 324 g/mol. The molecule has 0 bridgehead atoms. The number of aryl methyl sites for hydroxylation is 1. The molecule has 3 rings (SSSR count). The van der Waals surface area contributed by atoms with Gasteiger partial charge >= 0.3 is 0 Å². The highest BCUT2D eigenvalue weighted by atomic mass is 16.5. The van der Waals surface area contributed by atoms with Gasteiger partial charge in [-0.05, 0) is 54.5 Å². The molecule has 1 aliphatic rings. The van der Waals surface area contributed by atoms with Gasteiger partial charge in [-0.3, -0.25) is 0 Å². The number of aromatic nitrogens is 2. The summed E-state index contributed by atoms with van der Waals surface area (Å²) in [5.41, 5.74) is 2.28. The highest BCUT2D eigenvalue weighted by Gasteiger charge is 2.19. The number of nitrogens with zero attached hydrogens (tertiary/aromatic N) is 2. The lowest BCUT2D eigenvalue weighted by Crippen LogP contribution is -2.14. The van der Waals surface area contributed by atoms with Crippen LogP contribution in [-0.2, 0) is 6.42 Å². The van der Waals surface area contributed by atoms with E-state index in [1.807, 2.05) is 36.7 Å². The van der Waals surface area contributed by atoms with Gasteiger partial charge < -0.3 is 4.74 Å². The second-order valence-corrected chi connectivity index (χ2v) is 6.98. The lowest BCUT2D eigenvalue weighted by Gasteiger charge is -2.27. The molecule has 128 valence electrons.